The average molecular weight is 901 g/mol. The van der Waals surface area contributed by atoms with E-state index in [1.165, 1.54) is 238 Å². The Bertz CT molecular complexity index is 942. The molecule has 1 unspecified atom stereocenters. The van der Waals surface area contributed by atoms with E-state index in [4.69, 9.17) is 14.8 Å². The summed E-state index contributed by atoms with van der Waals surface area (Å²) in [6.45, 7) is 4.25. The Morgan fingerprint density at radius 2 is 0.742 bits per heavy atom. The Kier molecular flexibility index (Phi) is 49.5. The zero-order valence-corrected chi connectivity index (χ0v) is 42.5. The molecule has 372 valence electrons. The number of aliphatic hydroxyl groups is 1. The van der Waals surface area contributed by atoms with Crippen LogP contribution in [0.1, 0.15) is 303 Å². The number of hydrogen-bond donors (Lipinski definition) is 4. The van der Waals surface area contributed by atoms with Gasteiger partial charge in [-0.3, -0.25) is 13.8 Å². The van der Waals surface area contributed by atoms with E-state index in [9.17, 15) is 19.4 Å². The van der Waals surface area contributed by atoms with E-state index in [0.29, 0.717) is 12.8 Å². The number of phosphoric acid groups is 1. The van der Waals surface area contributed by atoms with Crippen LogP contribution in [-0.2, 0) is 18.4 Å². The molecule has 1 amide bonds. The number of carbonyl (C=O) groups is 1. The van der Waals surface area contributed by atoms with Crippen molar-refractivity contribution in [1.82, 2.24) is 5.32 Å². The number of nitrogens with one attached hydrogen (secondary N) is 1. The van der Waals surface area contributed by atoms with E-state index in [2.05, 4.69) is 19.2 Å². The fraction of sp³-hybridized carbons (Fsp3) is 0.981. The van der Waals surface area contributed by atoms with Crippen LogP contribution in [0.3, 0.4) is 0 Å². The first-order valence-electron chi connectivity index (χ1n) is 27.7. The summed E-state index contributed by atoms with van der Waals surface area (Å²) >= 11 is 0. The fourth-order valence-corrected chi connectivity index (χ4v) is 9.55. The van der Waals surface area contributed by atoms with Crippen molar-refractivity contribution in [3.63, 3.8) is 0 Å². The van der Waals surface area contributed by atoms with Crippen LogP contribution in [0, 0.1) is 0 Å². The lowest BCUT2D eigenvalue weighted by Gasteiger charge is -2.25. The zero-order valence-electron chi connectivity index (χ0n) is 41.6. The third-order valence-corrected chi connectivity index (χ3v) is 13.9. The predicted octanol–water partition coefficient (Wildman–Crippen LogP) is 16.5. The smallest absolute Gasteiger partial charge is 0.391 e. The highest BCUT2D eigenvalue weighted by atomic mass is 31.2. The van der Waals surface area contributed by atoms with Gasteiger partial charge in [0.1, 0.15) is 0 Å². The minimum atomic E-state index is -4.31. The number of amides is 1. The van der Waals surface area contributed by atoms with Crippen molar-refractivity contribution < 1.29 is 28.4 Å². The van der Waals surface area contributed by atoms with Gasteiger partial charge in [0, 0.05) is 13.0 Å². The van der Waals surface area contributed by atoms with Gasteiger partial charge in [0.05, 0.1) is 25.4 Å². The van der Waals surface area contributed by atoms with Crippen LogP contribution in [-0.4, -0.2) is 47.8 Å². The summed E-state index contributed by atoms with van der Waals surface area (Å²) in [5.74, 6) is -0.154. The number of unbranched alkanes of at least 4 members (excludes halogenated alkanes) is 41. The normalized spacial score (nSPS) is 13.7. The second-order valence-corrected chi connectivity index (χ2v) is 20.6. The topological polar surface area (TPSA) is 131 Å². The van der Waals surface area contributed by atoms with Gasteiger partial charge in [0.15, 0.2) is 0 Å². The highest BCUT2D eigenvalue weighted by Gasteiger charge is 2.27. The lowest BCUT2D eigenvalue weighted by Crippen LogP contribution is -2.46. The second kappa shape index (κ2) is 49.9. The van der Waals surface area contributed by atoms with E-state index in [0.717, 1.165) is 38.5 Å². The van der Waals surface area contributed by atoms with Crippen LogP contribution >= 0.6 is 7.82 Å². The highest BCUT2D eigenvalue weighted by Crippen LogP contribution is 2.43. The van der Waals surface area contributed by atoms with Crippen molar-refractivity contribution in [3.8, 4) is 0 Å². The Morgan fingerprint density at radius 3 is 1.03 bits per heavy atom. The first-order valence-corrected chi connectivity index (χ1v) is 29.1. The molecule has 0 aromatic carbocycles. The molecule has 0 saturated carbocycles. The van der Waals surface area contributed by atoms with Gasteiger partial charge in [-0.2, -0.15) is 0 Å². The van der Waals surface area contributed by atoms with Gasteiger partial charge >= 0.3 is 7.82 Å². The quantitative estimate of drug-likeness (QED) is 0.0353. The molecule has 0 spiro atoms. The van der Waals surface area contributed by atoms with Crippen LogP contribution in [0.2, 0.25) is 0 Å². The van der Waals surface area contributed by atoms with Crippen molar-refractivity contribution >= 4 is 13.7 Å². The second-order valence-electron chi connectivity index (χ2n) is 19.2. The summed E-state index contributed by atoms with van der Waals surface area (Å²) in [7, 11) is -4.31. The number of rotatable bonds is 53. The Labute approximate surface area is 386 Å². The number of nitrogens with two attached hydrogens (primary N) is 1. The number of carbonyl (C=O) groups excluding carboxylic acids is 1. The molecule has 3 atom stereocenters. The molecule has 0 aromatic heterocycles. The van der Waals surface area contributed by atoms with Gasteiger partial charge in [-0.25, -0.2) is 4.57 Å². The van der Waals surface area contributed by atoms with Crippen molar-refractivity contribution in [2.75, 3.05) is 19.8 Å². The molecule has 0 aliphatic carbocycles. The summed E-state index contributed by atoms with van der Waals surface area (Å²) in [6.07, 6.45) is 57.3. The maximum Gasteiger partial charge on any atom is 0.472 e. The summed E-state index contributed by atoms with van der Waals surface area (Å²) in [5, 5.41) is 13.8. The lowest BCUT2D eigenvalue weighted by atomic mass is 10.0. The Hall–Kier alpha value is -0.500. The number of aliphatic hydroxyl groups excluding tert-OH is 1. The van der Waals surface area contributed by atoms with Gasteiger partial charge in [-0.05, 0) is 12.8 Å². The summed E-state index contributed by atoms with van der Waals surface area (Å²) in [5.41, 5.74) is 5.40. The Morgan fingerprint density at radius 1 is 0.468 bits per heavy atom. The van der Waals surface area contributed by atoms with Crippen molar-refractivity contribution in [3.05, 3.63) is 0 Å². The summed E-state index contributed by atoms with van der Waals surface area (Å²) < 4.78 is 22.2. The maximum absolute atomic E-state index is 12.8. The van der Waals surface area contributed by atoms with E-state index < -0.39 is 20.0 Å². The molecule has 0 rings (SSSR count). The first-order chi connectivity index (χ1) is 30.4. The van der Waals surface area contributed by atoms with Gasteiger partial charge in [0.2, 0.25) is 5.91 Å². The molecule has 9 heteroatoms. The van der Waals surface area contributed by atoms with Crippen molar-refractivity contribution in [2.45, 2.75) is 315 Å². The molecule has 0 aliphatic heterocycles. The predicted molar refractivity (Wildman–Crippen MR) is 268 cm³/mol. The van der Waals surface area contributed by atoms with E-state index in [1.807, 2.05) is 0 Å². The van der Waals surface area contributed by atoms with Gasteiger partial charge in [-0.1, -0.05) is 284 Å². The number of hydrogen-bond acceptors (Lipinski definition) is 6. The van der Waals surface area contributed by atoms with Gasteiger partial charge in [-0.15, -0.1) is 0 Å². The summed E-state index contributed by atoms with van der Waals surface area (Å²) in [4.78, 5) is 22.8. The minimum Gasteiger partial charge on any atom is -0.391 e. The lowest BCUT2D eigenvalue weighted by molar-refractivity contribution is -0.123. The van der Waals surface area contributed by atoms with Crippen LogP contribution in [0.25, 0.3) is 0 Å². The third kappa shape index (κ3) is 47.5. The maximum atomic E-state index is 12.8. The van der Waals surface area contributed by atoms with Crippen LogP contribution in [0.15, 0.2) is 0 Å². The van der Waals surface area contributed by atoms with Crippen LogP contribution in [0.5, 0.6) is 0 Å². The van der Waals surface area contributed by atoms with E-state index >= 15 is 0 Å². The first kappa shape index (κ1) is 61.5. The molecular weight excluding hydrogens is 792 g/mol. The van der Waals surface area contributed by atoms with E-state index in [-0.39, 0.29) is 25.7 Å². The fourth-order valence-electron chi connectivity index (χ4n) is 8.79. The molecule has 8 nitrogen and oxygen atoms in total. The summed E-state index contributed by atoms with van der Waals surface area (Å²) in [6, 6.07) is -0.768. The molecule has 5 N–H and O–H groups in total. The van der Waals surface area contributed by atoms with Crippen molar-refractivity contribution in [2.24, 2.45) is 5.73 Å². The molecule has 0 aromatic rings. The Balaban J connectivity index is 3.78. The molecule has 0 bridgehead atoms. The number of phosphoric ester groups is 1. The monoisotopic (exact) mass is 901 g/mol. The molecule has 0 heterocycles. The van der Waals surface area contributed by atoms with Gasteiger partial charge < -0.3 is 21.1 Å². The molecule has 0 saturated heterocycles. The van der Waals surface area contributed by atoms with Gasteiger partial charge in [0.25, 0.3) is 0 Å². The average Bonchev–Trinajstić information content (AvgIpc) is 3.26. The molecular formula is C53H109N2O6P. The van der Waals surface area contributed by atoms with Crippen molar-refractivity contribution in [1.29, 1.82) is 0 Å². The standard InChI is InChI=1S/C53H109N2O6P/c1-3-5-7-9-11-13-15-17-18-19-20-21-22-23-24-25-26-27-28-29-30-31-32-33-34-35-37-39-41-43-45-47-53(57)55-51(50-61-62(58,59)60-49-48-54)52(56)46-44-42-40-38-36-16-14-12-10-8-6-4-2/h51-52,56H,3-50,54H2,1-2H3,(H,55,57)(H,58,59)/t51-,52+/m0/s1. The highest BCUT2D eigenvalue weighted by molar-refractivity contribution is 7.47. The van der Waals surface area contributed by atoms with Crippen LogP contribution < -0.4 is 11.1 Å². The SMILES string of the molecule is CCCCCCCCCCCCCCCCCCCCCCCCCCCCCCCCCC(=O)N[C@@H](COP(=O)(O)OCCN)[C@H](O)CCCCCCCCCCCCCC. The molecule has 0 fully saturated rings. The molecule has 0 aliphatic rings. The van der Waals surface area contributed by atoms with E-state index in [1.54, 1.807) is 0 Å². The zero-order chi connectivity index (χ0) is 45.3. The minimum absolute atomic E-state index is 0.0926. The third-order valence-electron chi connectivity index (χ3n) is 13.0. The van der Waals surface area contributed by atoms with Crippen LogP contribution in [0.4, 0.5) is 0 Å². The largest absolute Gasteiger partial charge is 0.472 e. The molecule has 62 heavy (non-hydrogen) atoms. The molecule has 0 radical (unpaired) electrons.